The van der Waals surface area contributed by atoms with Gasteiger partial charge in [-0.3, -0.25) is 0 Å². The van der Waals surface area contributed by atoms with Crippen molar-refractivity contribution in [2.24, 2.45) is 0 Å². The second-order valence-corrected chi connectivity index (χ2v) is 4.89. The number of allylic oxidation sites excluding steroid dienone is 1. The zero-order chi connectivity index (χ0) is 12.4. The van der Waals surface area contributed by atoms with Gasteiger partial charge < -0.3 is 9.67 Å². The summed E-state index contributed by atoms with van der Waals surface area (Å²) in [5.41, 5.74) is 1.92. The summed E-state index contributed by atoms with van der Waals surface area (Å²) in [4.78, 5) is 10.6. The minimum atomic E-state index is -0.901. The van der Waals surface area contributed by atoms with Gasteiger partial charge in [-0.25, -0.2) is 4.79 Å². The summed E-state index contributed by atoms with van der Waals surface area (Å²) in [6, 6.07) is 8.07. The van der Waals surface area contributed by atoms with Gasteiger partial charge in [0.1, 0.15) is 0 Å². The van der Waals surface area contributed by atoms with E-state index in [9.17, 15) is 4.79 Å². The highest BCUT2D eigenvalue weighted by Gasteiger charge is 2.02. The Morgan fingerprint density at radius 1 is 1.47 bits per heavy atom. The van der Waals surface area contributed by atoms with Crippen molar-refractivity contribution in [3.05, 3.63) is 46.6 Å². The minimum Gasteiger partial charge on any atom is -0.478 e. The largest absolute Gasteiger partial charge is 0.478 e. The van der Waals surface area contributed by atoms with E-state index in [-0.39, 0.29) is 0 Å². The molecule has 1 aromatic heterocycles. The number of hydrogen-bond acceptors (Lipinski definition) is 1. The van der Waals surface area contributed by atoms with Crippen LogP contribution >= 0.6 is 15.9 Å². The van der Waals surface area contributed by atoms with Gasteiger partial charge in [0, 0.05) is 34.2 Å². The maximum atomic E-state index is 10.6. The lowest BCUT2D eigenvalue weighted by Gasteiger charge is -2.05. The zero-order valence-corrected chi connectivity index (χ0v) is 10.9. The molecule has 0 aliphatic carbocycles. The molecular formula is C13H12BrNO2. The first-order valence-electron chi connectivity index (χ1n) is 5.21. The number of nitrogens with zero attached hydrogens (tertiary/aromatic N) is 1. The van der Waals surface area contributed by atoms with E-state index in [4.69, 9.17) is 5.11 Å². The molecule has 0 saturated carbocycles. The van der Waals surface area contributed by atoms with Gasteiger partial charge in [-0.1, -0.05) is 15.9 Å². The van der Waals surface area contributed by atoms with E-state index in [1.807, 2.05) is 42.0 Å². The number of hydrogen-bond donors (Lipinski definition) is 1. The van der Waals surface area contributed by atoms with Crippen molar-refractivity contribution in [2.75, 3.05) is 0 Å². The van der Waals surface area contributed by atoms with Crippen molar-refractivity contribution in [1.29, 1.82) is 0 Å². The molecule has 1 aromatic carbocycles. The third kappa shape index (κ3) is 2.77. The number of rotatable bonds is 3. The molecule has 17 heavy (non-hydrogen) atoms. The summed E-state index contributed by atoms with van der Waals surface area (Å²) in [6.45, 7) is 2.41. The number of carboxylic acids is 1. The maximum absolute atomic E-state index is 10.6. The van der Waals surface area contributed by atoms with Gasteiger partial charge in [-0.05, 0) is 36.8 Å². The monoisotopic (exact) mass is 293 g/mol. The molecule has 0 fully saturated rings. The van der Waals surface area contributed by atoms with E-state index in [1.54, 1.807) is 0 Å². The molecule has 0 radical (unpaired) electrons. The molecule has 3 nitrogen and oxygen atoms in total. The average Bonchev–Trinajstić information content (AvgIpc) is 2.59. The SMILES string of the molecule is CC(=CC(=O)O)Cn1ccc2cc(Br)ccc21. The van der Waals surface area contributed by atoms with Crippen LogP contribution in [0.3, 0.4) is 0 Å². The first-order chi connectivity index (χ1) is 8.06. The quantitative estimate of drug-likeness (QED) is 0.881. The minimum absolute atomic E-state index is 0.595. The Morgan fingerprint density at radius 2 is 2.24 bits per heavy atom. The number of carboxylic acid groups (broad SMARTS) is 1. The van der Waals surface area contributed by atoms with Crippen LogP contribution in [0.15, 0.2) is 46.6 Å². The van der Waals surface area contributed by atoms with E-state index in [0.717, 1.165) is 20.9 Å². The fourth-order valence-corrected chi connectivity index (χ4v) is 2.21. The number of aliphatic carboxylic acids is 1. The van der Waals surface area contributed by atoms with E-state index >= 15 is 0 Å². The van der Waals surface area contributed by atoms with Crippen LogP contribution in [0.4, 0.5) is 0 Å². The van der Waals surface area contributed by atoms with Crippen molar-refractivity contribution in [3.8, 4) is 0 Å². The van der Waals surface area contributed by atoms with E-state index in [0.29, 0.717) is 6.54 Å². The Bertz CT molecular complexity index is 598. The highest BCUT2D eigenvalue weighted by Crippen LogP contribution is 2.21. The van der Waals surface area contributed by atoms with E-state index in [1.165, 1.54) is 6.08 Å². The summed E-state index contributed by atoms with van der Waals surface area (Å²) < 4.78 is 3.08. The lowest BCUT2D eigenvalue weighted by Crippen LogP contribution is -1.99. The molecule has 1 heterocycles. The van der Waals surface area contributed by atoms with Crippen LogP contribution in [0.2, 0.25) is 0 Å². The summed E-state index contributed by atoms with van der Waals surface area (Å²) in [6.07, 6.45) is 3.21. The molecule has 2 aromatic rings. The van der Waals surface area contributed by atoms with Crippen LogP contribution in [-0.4, -0.2) is 15.6 Å². The van der Waals surface area contributed by atoms with Crippen LogP contribution in [-0.2, 0) is 11.3 Å². The Balaban J connectivity index is 2.34. The Morgan fingerprint density at radius 3 is 2.94 bits per heavy atom. The fourth-order valence-electron chi connectivity index (χ4n) is 1.83. The molecule has 2 rings (SSSR count). The third-order valence-electron chi connectivity index (χ3n) is 2.52. The second-order valence-electron chi connectivity index (χ2n) is 3.98. The fraction of sp³-hybridized carbons (Fsp3) is 0.154. The van der Waals surface area contributed by atoms with Crippen molar-refractivity contribution >= 4 is 32.8 Å². The van der Waals surface area contributed by atoms with Gasteiger partial charge in [-0.15, -0.1) is 0 Å². The van der Waals surface area contributed by atoms with Crippen LogP contribution in [0, 0.1) is 0 Å². The number of fused-ring (bicyclic) bond motifs is 1. The smallest absolute Gasteiger partial charge is 0.328 e. The van der Waals surface area contributed by atoms with Gasteiger partial charge >= 0.3 is 5.97 Å². The molecule has 88 valence electrons. The average molecular weight is 294 g/mol. The van der Waals surface area contributed by atoms with Gasteiger partial charge in [0.15, 0.2) is 0 Å². The van der Waals surface area contributed by atoms with Crippen molar-refractivity contribution in [2.45, 2.75) is 13.5 Å². The summed E-state index contributed by atoms with van der Waals surface area (Å²) >= 11 is 3.43. The van der Waals surface area contributed by atoms with E-state index in [2.05, 4.69) is 15.9 Å². The highest BCUT2D eigenvalue weighted by atomic mass is 79.9. The molecule has 0 bridgehead atoms. The second kappa shape index (κ2) is 4.75. The number of aromatic nitrogens is 1. The number of benzene rings is 1. The Hall–Kier alpha value is -1.55. The number of carbonyl (C=O) groups is 1. The lowest BCUT2D eigenvalue weighted by atomic mass is 10.2. The number of halogens is 1. The van der Waals surface area contributed by atoms with Crippen molar-refractivity contribution < 1.29 is 9.90 Å². The molecule has 0 aliphatic heterocycles. The molecule has 0 saturated heterocycles. The summed E-state index contributed by atoms with van der Waals surface area (Å²) in [5, 5.41) is 9.81. The van der Waals surface area contributed by atoms with Gasteiger partial charge in [0.2, 0.25) is 0 Å². The van der Waals surface area contributed by atoms with Gasteiger partial charge in [0.25, 0.3) is 0 Å². The Labute approximate surface area is 107 Å². The van der Waals surface area contributed by atoms with Crippen molar-refractivity contribution in [3.63, 3.8) is 0 Å². The molecule has 0 amide bonds. The molecule has 1 N–H and O–H groups in total. The first-order valence-corrected chi connectivity index (χ1v) is 6.00. The highest BCUT2D eigenvalue weighted by molar-refractivity contribution is 9.10. The van der Waals surface area contributed by atoms with Crippen LogP contribution in [0.25, 0.3) is 10.9 Å². The van der Waals surface area contributed by atoms with Gasteiger partial charge in [0.05, 0.1) is 0 Å². The molecule has 4 heteroatoms. The topological polar surface area (TPSA) is 42.2 Å². The van der Waals surface area contributed by atoms with Crippen LogP contribution in [0.1, 0.15) is 6.92 Å². The molecule has 0 spiro atoms. The third-order valence-corrected chi connectivity index (χ3v) is 3.02. The first kappa shape index (κ1) is 11.9. The zero-order valence-electron chi connectivity index (χ0n) is 9.35. The Kier molecular flexibility index (Phi) is 3.33. The summed E-state index contributed by atoms with van der Waals surface area (Å²) in [7, 11) is 0. The molecular weight excluding hydrogens is 282 g/mol. The van der Waals surface area contributed by atoms with Crippen molar-refractivity contribution in [1.82, 2.24) is 4.57 Å². The molecule has 0 atom stereocenters. The lowest BCUT2D eigenvalue weighted by molar-refractivity contribution is -0.131. The van der Waals surface area contributed by atoms with E-state index < -0.39 is 5.97 Å². The summed E-state index contributed by atoms with van der Waals surface area (Å²) in [5.74, 6) is -0.901. The maximum Gasteiger partial charge on any atom is 0.328 e. The predicted molar refractivity (Wildman–Crippen MR) is 71.0 cm³/mol. The standard InChI is InChI=1S/C13H12BrNO2/c1-9(6-13(16)17)8-15-5-4-10-7-11(14)2-3-12(10)15/h2-7H,8H2,1H3,(H,16,17). The molecule has 0 unspecified atom stereocenters. The van der Waals surface area contributed by atoms with Crippen LogP contribution < -0.4 is 0 Å². The van der Waals surface area contributed by atoms with Crippen LogP contribution in [0.5, 0.6) is 0 Å². The normalized spacial score (nSPS) is 12.0. The van der Waals surface area contributed by atoms with Gasteiger partial charge in [-0.2, -0.15) is 0 Å². The predicted octanol–water partition coefficient (Wildman–Crippen LogP) is 3.43. The molecule has 0 aliphatic rings.